The zero-order valence-electron chi connectivity index (χ0n) is 13.3. The van der Waals surface area contributed by atoms with E-state index in [2.05, 4.69) is 65.6 Å². The first-order valence-corrected chi connectivity index (χ1v) is 9.79. The molecule has 0 saturated heterocycles. The molecule has 0 aliphatic heterocycles. The van der Waals surface area contributed by atoms with E-state index in [4.69, 9.17) is 0 Å². The average Bonchev–Trinajstić information content (AvgIpc) is 2.90. The van der Waals surface area contributed by atoms with Crippen LogP contribution < -0.4 is 5.32 Å². The van der Waals surface area contributed by atoms with Gasteiger partial charge in [0, 0.05) is 15.2 Å². The second kappa shape index (κ2) is 8.30. The molecule has 2 aromatic rings. The minimum atomic E-state index is 0.484. The third-order valence-corrected chi connectivity index (χ3v) is 6.10. The molecule has 0 saturated carbocycles. The Morgan fingerprint density at radius 1 is 1.14 bits per heavy atom. The Balaban J connectivity index is 2.41. The van der Waals surface area contributed by atoms with Gasteiger partial charge < -0.3 is 5.32 Å². The maximum atomic E-state index is 3.76. The van der Waals surface area contributed by atoms with Crippen molar-refractivity contribution in [2.75, 3.05) is 6.54 Å². The lowest BCUT2D eigenvalue weighted by Crippen LogP contribution is -2.28. The smallest absolute Gasteiger partial charge is 0.0488 e. The van der Waals surface area contributed by atoms with E-state index >= 15 is 0 Å². The van der Waals surface area contributed by atoms with Crippen molar-refractivity contribution in [1.29, 1.82) is 0 Å². The molecule has 3 heteroatoms. The number of fused-ring (bicyclic) bond motifs is 1. The predicted octanol–water partition coefficient (Wildman–Crippen LogP) is 6.53. The standard InChI is InChI=1S/C18H26BrNS/c1-4-8-13(9-5-2)17(20-6-3)15-12-21-18-14(15)10-7-11-16(18)19/h7,10-13,17,20H,4-6,8-9H2,1-3H3. The quantitative estimate of drug-likeness (QED) is 0.558. The van der Waals surface area contributed by atoms with Crippen LogP contribution in [0.5, 0.6) is 0 Å². The first-order valence-electron chi connectivity index (χ1n) is 8.11. The molecular formula is C18H26BrNS. The Kier molecular flexibility index (Phi) is 6.72. The highest BCUT2D eigenvalue weighted by Crippen LogP contribution is 2.39. The van der Waals surface area contributed by atoms with Crippen LogP contribution in [-0.4, -0.2) is 6.54 Å². The van der Waals surface area contributed by atoms with Crippen LogP contribution in [0, 0.1) is 5.92 Å². The first-order chi connectivity index (χ1) is 10.2. The third kappa shape index (κ3) is 3.88. The van der Waals surface area contributed by atoms with Crippen molar-refractivity contribution in [2.45, 2.75) is 52.5 Å². The molecule has 1 aromatic carbocycles. The SMILES string of the molecule is CCCC(CCC)C(NCC)c1csc2c(Br)cccc12. The van der Waals surface area contributed by atoms with Gasteiger partial charge in [-0.05, 0) is 63.6 Å². The van der Waals surface area contributed by atoms with Crippen LogP contribution in [0.2, 0.25) is 0 Å². The van der Waals surface area contributed by atoms with Gasteiger partial charge in [0.25, 0.3) is 0 Å². The van der Waals surface area contributed by atoms with Gasteiger partial charge in [0.15, 0.2) is 0 Å². The fraction of sp³-hybridized carbons (Fsp3) is 0.556. The van der Waals surface area contributed by atoms with Crippen molar-refractivity contribution in [1.82, 2.24) is 5.32 Å². The van der Waals surface area contributed by atoms with E-state index in [1.807, 2.05) is 11.3 Å². The van der Waals surface area contributed by atoms with Crippen LogP contribution in [0.15, 0.2) is 28.1 Å². The zero-order valence-corrected chi connectivity index (χ0v) is 15.7. The summed E-state index contributed by atoms with van der Waals surface area (Å²) >= 11 is 5.55. The van der Waals surface area contributed by atoms with Gasteiger partial charge in [-0.15, -0.1) is 11.3 Å². The van der Waals surface area contributed by atoms with Gasteiger partial charge in [-0.1, -0.05) is 45.7 Å². The van der Waals surface area contributed by atoms with E-state index in [9.17, 15) is 0 Å². The molecule has 0 bridgehead atoms. The minimum Gasteiger partial charge on any atom is -0.310 e. The average molecular weight is 368 g/mol. The van der Waals surface area contributed by atoms with Crippen LogP contribution >= 0.6 is 27.3 Å². The van der Waals surface area contributed by atoms with Gasteiger partial charge in [0.2, 0.25) is 0 Å². The van der Waals surface area contributed by atoms with Crippen LogP contribution in [0.1, 0.15) is 58.1 Å². The molecule has 0 spiro atoms. The summed E-state index contributed by atoms with van der Waals surface area (Å²) in [6.07, 6.45) is 5.13. The molecule has 0 aliphatic rings. The molecule has 116 valence electrons. The Labute approximate surface area is 141 Å². The van der Waals surface area contributed by atoms with Gasteiger partial charge in [0.1, 0.15) is 0 Å². The minimum absolute atomic E-state index is 0.484. The summed E-state index contributed by atoms with van der Waals surface area (Å²) in [5, 5.41) is 7.53. The lowest BCUT2D eigenvalue weighted by molar-refractivity contribution is 0.322. The molecule has 0 aliphatic carbocycles. The summed E-state index contributed by atoms with van der Waals surface area (Å²) in [5.74, 6) is 0.733. The number of rotatable bonds is 8. The van der Waals surface area contributed by atoms with Gasteiger partial charge in [-0.25, -0.2) is 0 Å². The summed E-state index contributed by atoms with van der Waals surface area (Å²) in [7, 11) is 0. The molecule has 0 radical (unpaired) electrons. The number of nitrogens with one attached hydrogen (secondary N) is 1. The fourth-order valence-corrected chi connectivity index (χ4v) is 4.91. The van der Waals surface area contributed by atoms with E-state index < -0.39 is 0 Å². The lowest BCUT2D eigenvalue weighted by Gasteiger charge is -2.27. The van der Waals surface area contributed by atoms with Crippen molar-refractivity contribution in [3.63, 3.8) is 0 Å². The molecule has 1 N–H and O–H groups in total. The van der Waals surface area contributed by atoms with Crippen LogP contribution in [-0.2, 0) is 0 Å². The van der Waals surface area contributed by atoms with Crippen LogP contribution in [0.3, 0.4) is 0 Å². The number of hydrogen-bond donors (Lipinski definition) is 1. The van der Waals surface area contributed by atoms with E-state index in [-0.39, 0.29) is 0 Å². The number of benzene rings is 1. The zero-order chi connectivity index (χ0) is 15.2. The largest absolute Gasteiger partial charge is 0.310 e. The van der Waals surface area contributed by atoms with E-state index in [0.29, 0.717) is 6.04 Å². The van der Waals surface area contributed by atoms with Gasteiger partial charge >= 0.3 is 0 Å². The maximum Gasteiger partial charge on any atom is 0.0488 e. The summed E-state index contributed by atoms with van der Waals surface area (Å²) in [6, 6.07) is 7.05. The molecule has 21 heavy (non-hydrogen) atoms. The number of thiophene rings is 1. The topological polar surface area (TPSA) is 12.0 Å². The van der Waals surface area contributed by atoms with Crippen molar-refractivity contribution in [2.24, 2.45) is 5.92 Å². The Morgan fingerprint density at radius 3 is 2.48 bits per heavy atom. The second-order valence-corrected chi connectivity index (χ2v) is 7.41. The number of hydrogen-bond acceptors (Lipinski definition) is 2. The molecular weight excluding hydrogens is 342 g/mol. The normalized spacial score (nSPS) is 13.2. The molecule has 1 nitrogen and oxygen atoms in total. The van der Waals surface area contributed by atoms with Crippen molar-refractivity contribution in [3.05, 3.63) is 33.6 Å². The Morgan fingerprint density at radius 2 is 1.86 bits per heavy atom. The fourth-order valence-electron chi connectivity index (χ4n) is 3.25. The Bertz CT molecular complexity index is 557. The third-order valence-electron chi connectivity index (χ3n) is 4.13. The van der Waals surface area contributed by atoms with Gasteiger partial charge in [-0.2, -0.15) is 0 Å². The van der Waals surface area contributed by atoms with Crippen molar-refractivity contribution >= 4 is 37.4 Å². The molecule has 1 aromatic heterocycles. The van der Waals surface area contributed by atoms with Crippen LogP contribution in [0.25, 0.3) is 10.1 Å². The molecule has 2 rings (SSSR count). The van der Waals surface area contributed by atoms with Crippen molar-refractivity contribution in [3.8, 4) is 0 Å². The van der Waals surface area contributed by atoms with E-state index in [0.717, 1.165) is 12.5 Å². The molecule has 1 unspecified atom stereocenters. The molecule has 0 fully saturated rings. The highest BCUT2D eigenvalue weighted by molar-refractivity contribution is 9.10. The maximum absolute atomic E-state index is 3.76. The highest BCUT2D eigenvalue weighted by Gasteiger charge is 2.24. The van der Waals surface area contributed by atoms with Gasteiger partial charge in [-0.3, -0.25) is 0 Å². The van der Waals surface area contributed by atoms with E-state index in [1.165, 1.54) is 45.8 Å². The Hall–Kier alpha value is -0.380. The molecule has 0 amide bonds. The summed E-state index contributed by atoms with van der Waals surface area (Å²) in [4.78, 5) is 0. The summed E-state index contributed by atoms with van der Waals surface area (Å²) in [5.41, 5.74) is 1.49. The highest BCUT2D eigenvalue weighted by atomic mass is 79.9. The predicted molar refractivity (Wildman–Crippen MR) is 99.2 cm³/mol. The van der Waals surface area contributed by atoms with E-state index in [1.54, 1.807) is 0 Å². The monoisotopic (exact) mass is 367 g/mol. The summed E-state index contributed by atoms with van der Waals surface area (Å²) < 4.78 is 2.59. The van der Waals surface area contributed by atoms with Crippen LogP contribution in [0.4, 0.5) is 0 Å². The second-order valence-electron chi connectivity index (χ2n) is 5.68. The first kappa shape index (κ1) is 17.0. The van der Waals surface area contributed by atoms with Crippen molar-refractivity contribution < 1.29 is 0 Å². The number of halogens is 1. The lowest BCUT2D eigenvalue weighted by atomic mass is 9.86. The van der Waals surface area contributed by atoms with Gasteiger partial charge in [0.05, 0.1) is 0 Å². The summed E-state index contributed by atoms with van der Waals surface area (Å²) in [6.45, 7) is 7.84. The molecule has 1 atom stereocenters. The molecule has 1 heterocycles.